The first-order valence-electron chi connectivity index (χ1n) is 21.6. The highest BCUT2D eigenvalue weighted by Gasteiger charge is 2.65. The molecular weight excluding hydrogens is 775 g/mol. The van der Waals surface area contributed by atoms with E-state index in [4.69, 9.17) is 28.2 Å². The van der Waals surface area contributed by atoms with Crippen LogP contribution in [-0.4, -0.2) is 63.1 Å². The predicted molar refractivity (Wildman–Crippen MR) is 244 cm³/mol. The first-order chi connectivity index (χ1) is 29.9. The number of hydroxylamine groups is 2. The van der Waals surface area contributed by atoms with Crippen molar-refractivity contribution in [1.82, 2.24) is 5.06 Å². The van der Waals surface area contributed by atoms with E-state index in [0.29, 0.717) is 52.7 Å². The Morgan fingerprint density at radius 2 is 0.934 bits per heavy atom. The maximum absolute atomic E-state index is 7.51. The van der Waals surface area contributed by atoms with Crippen LogP contribution in [0.4, 0.5) is 0 Å². The zero-order chi connectivity index (χ0) is 42.0. The molecule has 2 heterocycles. The quantitative estimate of drug-likeness (QED) is 0.0755. The van der Waals surface area contributed by atoms with Crippen molar-refractivity contribution < 1.29 is 28.2 Å². The van der Waals surface area contributed by atoms with Crippen molar-refractivity contribution in [2.75, 3.05) is 19.8 Å². The van der Waals surface area contributed by atoms with Gasteiger partial charge in [0.2, 0.25) is 0 Å². The molecule has 0 aromatic heterocycles. The third-order valence-corrected chi connectivity index (χ3v) is 17.1. The number of fused-ring (bicyclic) bond motifs is 1. The highest BCUT2D eigenvalue weighted by Crippen LogP contribution is 2.47. The Morgan fingerprint density at radius 1 is 0.541 bits per heavy atom. The zero-order valence-electron chi connectivity index (χ0n) is 35.7. The molecule has 2 fully saturated rings. The molecule has 8 rings (SSSR count). The molecule has 7 nitrogen and oxygen atoms in total. The number of benzene rings is 6. The van der Waals surface area contributed by atoms with Crippen molar-refractivity contribution in [3.8, 4) is 0 Å². The first-order valence-corrected chi connectivity index (χ1v) is 23.5. The molecule has 2 saturated heterocycles. The average molecular weight is 834 g/mol. The molecule has 0 aliphatic carbocycles. The molecule has 0 amide bonds. The molecule has 0 saturated carbocycles. The summed E-state index contributed by atoms with van der Waals surface area (Å²) in [5, 5.41) is 4.45. The second-order valence-corrected chi connectivity index (χ2v) is 21.7. The highest BCUT2D eigenvalue weighted by atomic mass is 28.4. The topological polar surface area (TPSA) is 58.6 Å². The third kappa shape index (κ3) is 9.83. The highest BCUT2D eigenvalue weighted by molar-refractivity contribution is 6.99. The molecule has 0 bridgehead atoms. The van der Waals surface area contributed by atoms with Crippen molar-refractivity contribution in [2.45, 2.75) is 88.6 Å². The van der Waals surface area contributed by atoms with Crippen LogP contribution in [0.15, 0.2) is 182 Å². The smallest absolute Gasteiger partial charge is 0.261 e. The van der Waals surface area contributed by atoms with Gasteiger partial charge in [-0.1, -0.05) is 203 Å². The minimum atomic E-state index is -2.85. The van der Waals surface area contributed by atoms with Gasteiger partial charge in [-0.25, -0.2) is 0 Å². The van der Waals surface area contributed by atoms with Gasteiger partial charge in [-0.05, 0) is 44.1 Å². The molecule has 6 aromatic rings. The Bertz CT molecular complexity index is 2110. The Hall–Kier alpha value is -4.74. The molecule has 2 aliphatic heterocycles. The fourth-order valence-corrected chi connectivity index (χ4v) is 13.8. The number of ether oxygens (including phenoxy) is 4. The van der Waals surface area contributed by atoms with Crippen molar-refractivity contribution in [2.24, 2.45) is 0 Å². The van der Waals surface area contributed by atoms with Crippen LogP contribution in [-0.2, 0) is 54.6 Å². The Balaban J connectivity index is 1.16. The summed E-state index contributed by atoms with van der Waals surface area (Å²) in [6.45, 7) is 9.62. The van der Waals surface area contributed by atoms with Crippen LogP contribution < -0.4 is 10.4 Å². The third-order valence-electron chi connectivity index (χ3n) is 12.1. The van der Waals surface area contributed by atoms with E-state index in [1.165, 1.54) is 10.4 Å². The fraction of sp³-hybridized carbons (Fsp3) is 0.321. The van der Waals surface area contributed by atoms with Crippen LogP contribution in [0.1, 0.15) is 49.4 Å². The number of nitrogens with zero attached hydrogens (tertiary/aromatic N) is 1. The van der Waals surface area contributed by atoms with Gasteiger partial charge >= 0.3 is 0 Å². The Labute approximate surface area is 363 Å². The lowest BCUT2D eigenvalue weighted by Gasteiger charge is -2.44. The predicted octanol–water partition coefficient (Wildman–Crippen LogP) is 9.29. The molecule has 0 radical (unpaired) electrons. The summed E-state index contributed by atoms with van der Waals surface area (Å²) in [7, 11) is -2.85. The average Bonchev–Trinajstić information content (AvgIpc) is 3.82. The van der Waals surface area contributed by atoms with Gasteiger partial charge in [0.15, 0.2) is 0 Å². The fourth-order valence-electron chi connectivity index (χ4n) is 9.21. The van der Waals surface area contributed by atoms with Gasteiger partial charge in [-0.3, -0.25) is 4.84 Å². The number of hydrogen-bond donors (Lipinski definition) is 0. The van der Waals surface area contributed by atoms with Crippen LogP contribution in [0.2, 0.25) is 5.04 Å². The van der Waals surface area contributed by atoms with Crippen LogP contribution in [0, 0.1) is 0 Å². The summed E-state index contributed by atoms with van der Waals surface area (Å²) in [5.74, 6) is 0. The van der Waals surface area contributed by atoms with Crippen LogP contribution in [0.3, 0.4) is 0 Å². The number of rotatable bonds is 19. The molecule has 316 valence electrons. The summed E-state index contributed by atoms with van der Waals surface area (Å²) in [5.41, 5.74) is 3.49. The normalized spacial score (nSPS) is 20.1. The molecule has 8 heteroatoms. The molecule has 6 aromatic carbocycles. The van der Waals surface area contributed by atoms with Gasteiger partial charge in [0.05, 0.1) is 52.3 Å². The maximum atomic E-state index is 7.51. The largest absolute Gasteiger partial charge is 0.405 e. The van der Waals surface area contributed by atoms with Crippen LogP contribution in [0.25, 0.3) is 0 Å². The minimum Gasteiger partial charge on any atom is -0.405 e. The van der Waals surface area contributed by atoms with Gasteiger partial charge in [0.25, 0.3) is 8.32 Å². The molecular formula is C53H59NO6Si. The molecule has 2 aliphatic rings. The van der Waals surface area contributed by atoms with Gasteiger partial charge in [0.1, 0.15) is 23.9 Å². The Kier molecular flexibility index (Phi) is 14.1. The standard InChI is InChI=1S/C53H59NO6Si/c1-52(2,3)61(47-30-18-8-19-31-47,48-32-20-9-21-33-48)59-39-46-34-49-50(57-37-44-26-14-6-15-27-44)51(58-38-45-28-16-7-17-29-45)53(54(49)60-46,40-55-35-42-22-10-4-11-23-42)41-56-36-43-24-12-5-13-25-43/h4-33,46,49-51H,34-41H2,1-3H3/t46-,49-,50-,51-/m0/s1. The zero-order valence-corrected chi connectivity index (χ0v) is 36.7. The van der Waals surface area contributed by atoms with E-state index in [1.807, 2.05) is 60.7 Å². The summed E-state index contributed by atoms with van der Waals surface area (Å²) < 4.78 is 35.2. The summed E-state index contributed by atoms with van der Waals surface area (Å²) >= 11 is 0. The van der Waals surface area contributed by atoms with Gasteiger partial charge in [0, 0.05) is 0 Å². The van der Waals surface area contributed by atoms with Crippen LogP contribution >= 0.6 is 0 Å². The molecule has 0 unspecified atom stereocenters. The van der Waals surface area contributed by atoms with Gasteiger partial charge < -0.3 is 23.4 Å². The lowest BCUT2D eigenvalue weighted by molar-refractivity contribution is -0.256. The second-order valence-electron chi connectivity index (χ2n) is 17.4. The van der Waals surface area contributed by atoms with Crippen molar-refractivity contribution in [3.63, 3.8) is 0 Å². The van der Waals surface area contributed by atoms with Crippen molar-refractivity contribution in [3.05, 3.63) is 204 Å². The molecule has 4 atom stereocenters. The van der Waals surface area contributed by atoms with Gasteiger partial charge in [-0.15, -0.1) is 0 Å². The second kappa shape index (κ2) is 20.0. The van der Waals surface area contributed by atoms with Gasteiger partial charge in [-0.2, -0.15) is 5.06 Å². The molecule has 0 N–H and O–H groups in total. The monoisotopic (exact) mass is 833 g/mol. The first kappa shape index (κ1) is 42.9. The molecule has 0 spiro atoms. The number of hydrogen-bond acceptors (Lipinski definition) is 7. The van der Waals surface area contributed by atoms with E-state index in [0.717, 1.165) is 22.3 Å². The minimum absolute atomic E-state index is 0.169. The van der Waals surface area contributed by atoms with E-state index >= 15 is 0 Å². The SMILES string of the molecule is CC(C)(C)[Si](OC[C@@H]1C[C@H]2[C@H](OCc3ccccc3)[C@H](OCc3ccccc3)C(COCc3ccccc3)(COCc3ccccc3)N2O1)(c1ccccc1)c1ccccc1. The summed E-state index contributed by atoms with van der Waals surface area (Å²) in [6.07, 6.45) is -0.414. The van der Waals surface area contributed by atoms with E-state index in [1.54, 1.807) is 0 Å². The maximum Gasteiger partial charge on any atom is 0.261 e. The van der Waals surface area contributed by atoms with Crippen molar-refractivity contribution >= 4 is 18.7 Å². The van der Waals surface area contributed by atoms with Crippen LogP contribution in [0.5, 0.6) is 0 Å². The Morgan fingerprint density at radius 3 is 1.36 bits per heavy atom. The molecule has 61 heavy (non-hydrogen) atoms. The summed E-state index contributed by atoms with van der Waals surface area (Å²) in [4.78, 5) is 7.26. The lowest BCUT2D eigenvalue weighted by atomic mass is 9.92. The lowest BCUT2D eigenvalue weighted by Crippen LogP contribution is -2.67. The summed E-state index contributed by atoms with van der Waals surface area (Å²) in [6, 6.07) is 62.7. The van der Waals surface area contributed by atoms with E-state index < -0.39 is 20.0 Å². The van der Waals surface area contributed by atoms with Crippen molar-refractivity contribution in [1.29, 1.82) is 0 Å². The van der Waals surface area contributed by atoms with E-state index in [-0.39, 0.29) is 23.3 Å². The van der Waals surface area contributed by atoms with E-state index in [2.05, 4.69) is 147 Å². The van der Waals surface area contributed by atoms with E-state index in [9.17, 15) is 0 Å².